The zero-order valence-electron chi connectivity index (χ0n) is 20.8. The maximum Gasteiger partial charge on any atom is 0.159 e. The number of fused-ring (bicyclic) bond motifs is 1. The Bertz CT molecular complexity index is 1120. The van der Waals surface area contributed by atoms with E-state index in [1.54, 1.807) is 20.3 Å². The number of phenols is 1. The van der Waals surface area contributed by atoms with E-state index < -0.39 is 0 Å². The lowest BCUT2D eigenvalue weighted by Gasteiger charge is -2.37. The van der Waals surface area contributed by atoms with Gasteiger partial charge in [-0.25, -0.2) is 0 Å². The third-order valence-electron chi connectivity index (χ3n) is 7.60. The van der Waals surface area contributed by atoms with Crippen molar-refractivity contribution in [3.05, 3.63) is 94.5 Å². The molecule has 0 radical (unpaired) electrons. The zero-order valence-corrected chi connectivity index (χ0v) is 20.8. The smallest absolute Gasteiger partial charge is 0.159 e. The molecule has 0 bridgehead atoms. The highest BCUT2D eigenvalue weighted by Crippen LogP contribution is 2.45. The predicted octanol–water partition coefficient (Wildman–Crippen LogP) is 5.94. The highest BCUT2D eigenvalue weighted by atomic mass is 16.7. The summed E-state index contributed by atoms with van der Waals surface area (Å²) in [6, 6.07) is 23.3. The van der Waals surface area contributed by atoms with Crippen molar-refractivity contribution in [2.45, 2.75) is 44.7 Å². The molecule has 2 atom stereocenters. The molecular formula is C30H35NO4. The van der Waals surface area contributed by atoms with Crippen LogP contribution < -0.4 is 4.90 Å². The third-order valence-corrected chi connectivity index (χ3v) is 7.60. The lowest BCUT2D eigenvalue weighted by Crippen LogP contribution is -2.39. The van der Waals surface area contributed by atoms with Crippen molar-refractivity contribution >= 4 is 5.69 Å². The number of aryl methyl sites for hydroxylation is 1. The Kier molecular flexibility index (Phi) is 7.09. The second kappa shape index (κ2) is 10.4. The van der Waals surface area contributed by atoms with Crippen LogP contribution in [0.2, 0.25) is 0 Å². The second-order valence-electron chi connectivity index (χ2n) is 9.76. The second-order valence-corrected chi connectivity index (χ2v) is 9.76. The van der Waals surface area contributed by atoms with E-state index in [-0.39, 0.29) is 24.1 Å². The predicted molar refractivity (Wildman–Crippen MR) is 138 cm³/mol. The minimum atomic E-state index is -0.121. The maximum atomic E-state index is 10.0. The van der Waals surface area contributed by atoms with E-state index in [1.807, 2.05) is 6.07 Å². The Morgan fingerprint density at radius 1 is 0.886 bits per heavy atom. The molecule has 2 heterocycles. The summed E-state index contributed by atoms with van der Waals surface area (Å²) >= 11 is 0. The molecule has 0 amide bonds. The molecule has 35 heavy (non-hydrogen) atoms. The number of aromatic hydroxyl groups is 1. The topological polar surface area (TPSA) is 51.2 Å². The fourth-order valence-corrected chi connectivity index (χ4v) is 5.66. The van der Waals surface area contributed by atoms with Crippen molar-refractivity contribution in [2.24, 2.45) is 5.92 Å². The van der Waals surface area contributed by atoms with Gasteiger partial charge in [-0.2, -0.15) is 0 Å². The van der Waals surface area contributed by atoms with Crippen LogP contribution in [0, 0.1) is 12.8 Å². The number of methoxy groups -OCH3 is 2. The summed E-state index contributed by atoms with van der Waals surface area (Å²) in [6.45, 7) is 4.59. The van der Waals surface area contributed by atoms with E-state index in [0.29, 0.717) is 12.5 Å². The van der Waals surface area contributed by atoms with Gasteiger partial charge in [0.05, 0.1) is 12.7 Å². The van der Waals surface area contributed by atoms with Crippen LogP contribution >= 0.6 is 0 Å². The normalized spacial score (nSPS) is 20.7. The highest BCUT2D eigenvalue weighted by molar-refractivity contribution is 5.52. The average molecular weight is 474 g/mol. The first-order valence-electron chi connectivity index (χ1n) is 12.5. The summed E-state index contributed by atoms with van der Waals surface area (Å²) in [5, 5.41) is 10.0. The van der Waals surface area contributed by atoms with Crippen LogP contribution in [0.4, 0.5) is 5.69 Å². The molecule has 0 unspecified atom stereocenters. The van der Waals surface area contributed by atoms with Crippen LogP contribution in [0.25, 0.3) is 0 Å². The molecule has 5 nitrogen and oxygen atoms in total. The number of rotatable bonds is 6. The van der Waals surface area contributed by atoms with Gasteiger partial charge in [0.15, 0.2) is 6.29 Å². The Hall–Kier alpha value is -2.86. The molecule has 1 fully saturated rings. The van der Waals surface area contributed by atoms with Gasteiger partial charge in [0.25, 0.3) is 0 Å². The molecule has 5 rings (SSSR count). The number of anilines is 1. The van der Waals surface area contributed by atoms with Crippen LogP contribution in [0.5, 0.6) is 5.75 Å². The van der Waals surface area contributed by atoms with Gasteiger partial charge < -0.3 is 24.2 Å². The van der Waals surface area contributed by atoms with E-state index >= 15 is 0 Å². The van der Waals surface area contributed by atoms with Crippen LogP contribution in [0.1, 0.15) is 52.7 Å². The first-order valence-corrected chi connectivity index (χ1v) is 12.5. The highest BCUT2D eigenvalue weighted by Gasteiger charge is 2.33. The standard InChI is InChI=1S/C30H35NO4/c1-20-4-6-22(7-5-20)29-28(27-13-12-26(32)18-24(27)19-35-29)21-8-10-25(11-9-21)31-16-14-23(15-17-31)30(33-2)34-3/h4-13,18,23,28-30,32H,14-17,19H2,1-3H3/t28-,29-/m0/s1. The molecule has 0 aliphatic carbocycles. The van der Waals surface area contributed by atoms with Crippen molar-refractivity contribution < 1.29 is 19.3 Å². The van der Waals surface area contributed by atoms with Crippen molar-refractivity contribution in [2.75, 3.05) is 32.2 Å². The summed E-state index contributed by atoms with van der Waals surface area (Å²) < 4.78 is 17.4. The van der Waals surface area contributed by atoms with Crippen LogP contribution in [0.3, 0.4) is 0 Å². The van der Waals surface area contributed by atoms with E-state index in [2.05, 4.69) is 66.4 Å². The van der Waals surface area contributed by atoms with Gasteiger partial charge in [-0.1, -0.05) is 48.0 Å². The number of hydrogen-bond donors (Lipinski definition) is 1. The number of benzene rings is 3. The summed E-state index contributed by atoms with van der Waals surface area (Å²) in [4.78, 5) is 2.45. The third kappa shape index (κ3) is 4.94. The van der Waals surface area contributed by atoms with Crippen LogP contribution in [-0.4, -0.2) is 38.7 Å². The molecule has 0 saturated carbocycles. The molecule has 0 spiro atoms. The van der Waals surface area contributed by atoms with E-state index in [4.69, 9.17) is 14.2 Å². The van der Waals surface area contributed by atoms with Crippen molar-refractivity contribution in [1.82, 2.24) is 0 Å². The number of ether oxygens (including phenoxy) is 3. The molecule has 184 valence electrons. The lowest BCUT2D eigenvalue weighted by molar-refractivity contribution is -0.141. The van der Waals surface area contributed by atoms with E-state index in [0.717, 1.165) is 31.5 Å². The number of piperidine rings is 1. The maximum absolute atomic E-state index is 10.0. The molecule has 5 heteroatoms. The molecule has 2 aliphatic heterocycles. The van der Waals surface area contributed by atoms with Crippen LogP contribution in [-0.2, 0) is 20.8 Å². The van der Waals surface area contributed by atoms with E-state index in [1.165, 1.54) is 27.9 Å². The molecule has 0 aromatic heterocycles. The Labute approximate surface area is 208 Å². The number of nitrogens with zero attached hydrogens (tertiary/aromatic N) is 1. The number of phenolic OH excluding ortho intramolecular Hbond substituents is 1. The summed E-state index contributed by atoms with van der Waals surface area (Å²) in [7, 11) is 3.44. The quantitative estimate of drug-likeness (QED) is 0.449. The van der Waals surface area contributed by atoms with Gasteiger partial charge in [-0.3, -0.25) is 0 Å². The minimum Gasteiger partial charge on any atom is -0.508 e. The Balaban J connectivity index is 1.40. The van der Waals surface area contributed by atoms with Gasteiger partial charge >= 0.3 is 0 Å². The van der Waals surface area contributed by atoms with Gasteiger partial charge in [0.2, 0.25) is 0 Å². The molecule has 1 saturated heterocycles. The Morgan fingerprint density at radius 2 is 1.54 bits per heavy atom. The average Bonchev–Trinajstić information content (AvgIpc) is 2.90. The first-order chi connectivity index (χ1) is 17.1. The van der Waals surface area contributed by atoms with Crippen molar-refractivity contribution in [1.29, 1.82) is 0 Å². The van der Waals surface area contributed by atoms with Crippen LogP contribution in [0.15, 0.2) is 66.7 Å². The molecule has 2 aliphatic rings. The first kappa shape index (κ1) is 23.9. The lowest BCUT2D eigenvalue weighted by atomic mass is 9.79. The fourth-order valence-electron chi connectivity index (χ4n) is 5.66. The summed E-state index contributed by atoms with van der Waals surface area (Å²) in [5.41, 5.74) is 7.15. The summed E-state index contributed by atoms with van der Waals surface area (Å²) in [6.07, 6.45) is 1.91. The molecule has 3 aromatic carbocycles. The summed E-state index contributed by atoms with van der Waals surface area (Å²) in [5.74, 6) is 0.775. The zero-order chi connectivity index (χ0) is 24.4. The van der Waals surface area contributed by atoms with Gasteiger partial charge in [0.1, 0.15) is 5.75 Å². The van der Waals surface area contributed by atoms with Gasteiger partial charge in [-0.15, -0.1) is 0 Å². The van der Waals surface area contributed by atoms with Crippen molar-refractivity contribution in [3.8, 4) is 5.75 Å². The Morgan fingerprint density at radius 3 is 2.20 bits per heavy atom. The molecule has 1 N–H and O–H groups in total. The van der Waals surface area contributed by atoms with E-state index in [9.17, 15) is 5.11 Å². The SMILES string of the molecule is COC(OC)C1CCN(c2ccc([C@H]3c4ccc(O)cc4CO[C@H]3c3ccc(C)cc3)cc2)CC1. The molecule has 3 aromatic rings. The fraction of sp³-hybridized carbons (Fsp3) is 0.400. The largest absolute Gasteiger partial charge is 0.508 e. The monoisotopic (exact) mass is 473 g/mol. The van der Waals surface area contributed by atoms with Gasteiger partial charge in [-0.05, 0) is 66.3 Å². The number of hydrogen-bond acceptors (Lipinski definition) is 5. The minimum absolute atomic E-state index is 0.0611. The molecular weight excluding hydrogens is 438 g/mol. The van der Waals surface area contributed by atoms with Crippen molar-refractivity contribution in [3.63, 3.8) is 0 Å². The van der Waals surface area contributed by atoms with Gasteiger partial charge in [0, 0.05) is 44.8 Å².